The van der Waals surface area contributed by atoms with E-state index in [-0.39, 0.29) is 6.04 Å². The van der Waals surface area contributed by atoms with E-state index in [1.165, 1.54) is 0 Å². The Kier molecular flexibility index (Phi) is 1.92. The van der Waals surface area contributed by atoms with E-state index in [1.807, 2.05) is 0 Å². The van der Waals surface area contributed by atoms with Gasteiger partial charge in [-0.2, -0.15) is 0 Å². The molecule has 58 valence electrons. The van der Waals surface area contributed by atoms with Gasteiger partial charge in [0.25, 0.3) is 0 Å². The first-order valence-electron chi connectivity index (χ1n) is 3.27. The molecule has 0 saturated heterocycles. The largest absolute Gasteiger partial charge is 0.481 e. The lowest BCUT2D eigenvalue weighted by Gasteiger charge is -2.07. The molecule has 0 aliphatic heterocycles. The smallest absolute Gasteiger partial charge is 0.308 e. The average Bonchev–Trinajstić information content (AvgIpc) is 2.10. The predicted molar refractivity (Wildman–Crippen MR) is 34.3 cm³/mol. The molecule has 0 aromatic carbocycles. The topological polar surface area (TPSA) is 83.5 Å². The van der Waals surface area contributed by atoms with Gasteiger partial charge in [-0.25, -0.2) is 0 Å². The fourth-order valence-corrected chi connectivity index (χ4v) is 1.33. The molecule has 1 aliphatic rings. The van der Waals surface area contributed by atoms with Gasteiger partial charge in [0.05, 0.1) is 12.0 Å². The minimum atomic E-state index is -0.899. The van der Waals surface area contributed by atoms with Gasteiger partial charge < -0.3 is 15.9 Å². The second kappa shape index (κ2) is 2.56. The Bertz CT molecular complexity index is 148. The van der Waals surface area contributed by atoms with Gasteiger partial charge in [-0.15, -0.1) is 0 Å². The van der Waals surface area contributed by atoms with E-state index in [0.29, 0.717) is 12.8 Å². The molecule has 4 nitrogen and oxygen atoms in total. The van der Waals surface area contributed by atoms with Crippen LogP contribution in [0.25, 0.3) is 0 Å². The molecule has 0 radical (unpaired) electrons. The van der Waals surface area contributed by atoms with Crippen LogP contribution in [0.4, 0.5) is 0 Å². The van der Waals surface area contributed by atoms with E-state index in [2.05, 4.69) is 0 Å². The lowest BCUT2D eigenvalue weighted by Crippen LogP contribution is -2.30. The van der Waals surface area contributed by atoms with Crippen molar-refractivity contribution in [1.82, 2.24) is 0 Å². The summed E-state index contributed by atoms with van der Waals surface area (Å²) in [6, 6.07) is -0.368. The van der Waals surface area contributed by atoms with E-state index in [9.17, 15) is 4.79 Å². The minimum absolute atomic E-state index is 0.302. The van der Waals surface area contributed by atoms with Gasteiger partial charge in [0.2, 0.25) is 0 Å². The number of carboxylic acids is 1. The maximum Gasteiger partial charge on any atom is 0.308 e. The SMILES string of the molecule is N[C@H]1C[C@@H](O)C[C@H]1C(=O)O. The van der Waals surface area contributed by atoms with E-state index >= 15 is 0 Å². The lowest BCUT2D eigenvalue weighted by molar-refractivity contribution is -0.142. The molecule has 1 fully saturated rings. The van der Waals surface area contributed by atoms with Crippen molar-refractivity contribution in [3.05, 3.63) is 0 Å². The number of rotatable bonds is 1. The Morgan fingerprint density at radius 1 is 1.50 bits per heavy atom. The maximum absolute atomic E-state index is 10.4. The summed E-state index contributed by atoms with van der Waals surface area (Å²) in [4.78, 5) is 10.4. The van der Waals surface area contributed by atoms with Crippen LogP contribution in [0.5, 0.6) is 0 Å². The van der Waals surface area contributed by atoms with Crippen LogP contribution in [0.3, 0.4) is 0 Å². The van der Waals surface area contributed by atoms with Crippen molar-refractivity contribution in [3.8, 4) is 0 Å². The third-order valence-corrected chi connectivity index (χ3v) is 1.90. The van der Waals surface area contributed by atoms with Gasteiger partial charge >= 0.3 is 5.97 Å². The highest BCUT2D eigenvalue weighted by Gasteiger charge is 2.35. The zero-order valence-electron chi connectivity index (χ0n) is 5.53. The zero-order valence-corrected chi connectivity index (χ0v) is 5.53. The van der Waals surface area contributed by atoms with Crippen LogP contribution in [0, 0.1) is 5.92 Å². The fraction of sp³-hybridized carbons (Fsp3) is 0.833. The summed E-state index contributed by atoms with van der Waals surface area (Å²) in [5.41, 5.74) is 5.43. The Labute approximate surface area is 58.6 Å². The molecule has 3 atom stereocenters. The van der Waals surface area contributed by atoms with Gasteiger partial charge in [0.15, 0.2) is 0 Å². The molecule has 4 heteroatoms. The van der Waals surface area contributed by atoms with E-state index in [4.69, 9.17) is 15.9 Å². The molecular formula is C6H11NO3. The summed E-state index contributed by atoms with van der Waals surface area (Å²) in [6.45, 7) is 0. The van der Waals surface area contributed by atoms with Gasteiger partial charge in [0, 0.05) is 6.04 Å². The number of aliphatic hydroxyl groups is 1. The number of hydrogen-bond acceptors (Lipinski definition) is 3. The predicted octanol–water partition coefficient (Wildman–Crippen LogP) is -0.831. The summed E-state index contributed by atoms with van der Waals surface area (Å²) in [5, 5.41) is 17.5. The summed E-state index contributed by atoms with van der Waals surface area (Å²) in [6.07, 6.45) is 0.198. The van der Waals surface area contributed by atoms with Crippen LogP contribution < -0.4 is 5.73 Å². The second-order valence-electron chi connectivity index (χ2n) is 2.73. The molecule has 1 saturated carbocycles. The zero-order chi connectivity index (χ0) is 7.72. The fourth-order valence-electron chi connectivity index (χ4n) is 1.33. The average molecular weight is 145 g/mol. The molecule has 1 rings (SSSR count). The summed E-state index contributed by atoms with van der Waals surface area (Å²) < 4.78 is 0. The molecule has 0 aromatic rings. The molecule has 0 unspecified atom stereocenters. The first-order chi connectivity index (χ1) is 4.61. The van der Waals surface area contributed by atoms with Gasteiger partial charge in [-0.05, 0) is 12.8 Å². The van der Waals surface area contributed by atoms with Crippen molar-refractivity contribution in [1.29, 1.82) is 0 Å². The molecule has 10 heavy (non-hydrogen) atoms. The van der Waals surface area contributed by atoms with Crippen LogP contribution in [-0.2, 0) is 4.79 Å². The van der Waals surface area contributed by atoms with Crippen molar-refractivity contribution in [2.24, 2.45) is 11.7 Å². The monoisotopic (exact) mass is 145 g/mol. The van der Waals surface area contributed by atoms with Gasteiger partial charge in [0.1, 0.15) is 0 Å². The third kappa shape index (κ3) is 1.27. The summed E-state index contributed by atoms with van der Waals surface area (Å²) in [7, 11) is 0. The van der Waals surface area contributed by atoms with Crippen LogP contribution in [0.2, 0.25) is 0 Å². The Morgan fingerprint density at radius 3 is 2.30 bits per heavy atom. The molecule has 0 amide bonds. The standard InChI is InChI=1S/C6H11NO3/c7-5-2-3(8)1-4(5)6(9)10/h3-5,8H,1-2,7H2,(H,9,10)/t3-,4+,5-/m0/s1. The van der Waals surface area contributed by atoms with E-state index in [0.717, 1.165) is 0 Å². The van der Waals surface area contributed by atoms with Crippen molar-refractivity contribution in [2.45, 2.75) is 25.0 Å². The number of aliphatic hydroxyl groups excluding tert-OH is 1. The Balaban J connectivity index is 2.54. The number of hydrogen-bond donors (Lipinski definition) is 3. The quantitative estimate of drug-likeness (QED) is 0.449. The van der Waals surface area contributed by atoms with Gasteiger partial charge in [-0.3, -0.25) is 4.79 Å². The number of carboxylic acid groups (broad SMARTS) is 1. The number of nitrogens with two attached hydrogens (primary N) is 1. The van der Waals surface area contributed by atoms with Crippen LogP contribution in [0.1, 0.15) is 12.8 Å². The second-order valence-corrected chi connectivity index (χ2v) is 2.73. The molecule has 0 aromatic heterocycles. The van der Waals surface area contributed by atoms with E-state index < -0.39 is 18.0 Å². The molecule has 0 heterocycles. The normalized spacial score (nSPS) is 40.0. The highest BCUT2D eigenvalue weighted by Crippen LogP contribution is 2.24. The first kappa shape index (κ1) is 7.50. The lowest BCUT2D eigenvalue weighted by atomic mass is 10.1. The molecular weight excluding hydrogens is 134 g/mol. The molecule has 0 bridgehead atoms. The number of carbonyl (C=O) groups is 1. The number of aliphatic carboxylic acids is 1. The maximum atomic E-state index is 10.4. The highest BCUT2D eigenvalue weighted by molar-refractivity contribution is 5.71. The summed E-state index contributed by atoms with van der Waals surface area (Å²) in [5.74, 6) is -1.45. The van der Waals surface area contributed by atoms with Crippen molar-refractivity contribution < 1.29 is 15.0 Å². The highest BCUT2D eigenvalue weighted by atomic mass is 16.4. The third-order valence-electron chi connectivity index (χ3n) is 1.90. The van der Waals surface area contributed by atoms with Crippen molar-refractivity contribution in [3.63, 3.8) is 0 Å². The summed E-state index contributed by atoms with van der Waals surface area (Å²) >= 11 is 0. The molecule has 0 spiro atoms. The van der Waals surface area contributed by atoms with Crippen LogP contribution >= 0.6 is 0 Å². The van der Waals surface area contributed by atoms with Crippen molar-refractivity contribution in [2.75, 3.05) is 0 Å². The molecule has 1 aliphatic carbocycles. The van der Waals surface area contributed by atoms with Crippen molar-refractivity contribution >= 4 is 5.97 Å². The van der Waals surface area contributed by atoms with E-state index in [1.54, 1.807) is 0 Å². The van der Waals surface area contributed by atoms with Crippen LogP contribution in [-0.4, -0.2) is 28.3 Å². The Morgan fingerprint density at radius 2 is 2.10 bits per heavy atom. The minimum Gasteiger partial charge on any atom is -0.481 e. The first-order valence-corrected chi connectivity index (χ1v) is 3.27. The van der Waals surface area contributed by atoms with Crippen LogP contribution in [0.15, 0.2) is 0 Å². The molecule has 4 N–H and O–H groups in total. The Hall–Kier alpha value is -0.610. The van der Waals surface area contributed by atoms with Gasteiger partial charge in [-0.1, -0.05) is 0 Å².